The molecule has 23 heavy (non-hydrogen) atoms. The first-order valence-electron chi connectivity index (χ1n) is 8.52. The number of benzene rings is 1. The molecule has 0 spiro atoms. The summed E-state index contributed by atoms with van der Waals surface area (Å²) in [6, 6.07) is 13.6. The first kappa shape index (κ1) is 19.7. The van der Waals surface area contributed by atoms with Gasteiger partial charge in [0.2, 0.25) is 0 Å². The van der Waals surface area contributed by atoms with Crippen molar-refractivity contribution in [3.05, 3.63) is 65.5 Å². The summed E-state index contributed by atoms with van der Waals surface area (Å²) in [7, 11) is 0. The summed E-state index contributed by atoms with van der Waals surface area (Å²) in [5.74, 6) is 0.695. The van der Waals surface area contributed by atoms with Crippen LogP contribution in [-0.4, -0.2) is 0 Å². The average Bonchev–Trinajstić information content (AvgIpc) is 2.50. The summed E-state index contributed by atoms with van der Waals surface area (Å²) in [6.07, 6.45) is 6.86. The molecule has 0 aliphatic heterocycles. The Labute approximate surface area is 148 Å². The van der Waals surface area contributed by atoms with Gasteiger partial charge < -0.3 is 12.4 Å². The number of halogens is 1. The van der Waals surface area contributed by atoms with Crippen molar-refractivity contribution in [2.45, 2.75) is 65.3 Å². The van der Waals surface area contributed by atoms with Crippen LogP contribution in [0.4, 0.5) is 0 Å². The topological polar surface area (TPSA) is 3.88 Å². The first-order chi connectivity index (χ1) is 10.4. The molecule has 1 aromatic heterocycles. The summed E-state index contributed by atoms with van der Waals surface area (Å²) < 4.78 is 2.26. The van der Waals surface area contributed by atoms with E-state index in [-0.39, 0.29) is 17.8 Å². The van der Waals surface area contributed by atoms with Gasteiger partial charge in [0.25, 0.3) is 0 Å². The summed E-state index contributed by atoms with van der Waals surface area (Å²) in [6.45, 7) is 12.2. The third kappa shape index (κ3) is 5.35. The molecule has 0 radical (unpaired) electrons. The van der Waals surface area contributed by atoms with Gasteiger partial charge in [0.05, 0.1) is 0 Å². The highest BCUT2D eigenvalue weighted by atomic mass is 35.5. The predicted molar refractivity (Wildman–Crippen MR) is 94.2 cm³/mol. The Morgan fingerprint density at radius 1 is 0.870 bits per heavy atom. The second-order valence-electron chi connectivity index (χ2n) is 7.26. The van der Waals surface area contributed by atoms with Crippen LogP contribution in [-0.2, 0) is 12.0 Å². The number of hydrogen-bond acceptors (Lipinski definition) is 0. The summed E-state index contributed by atoms with van der Waals surface area (Å²) in [5, 5.41) is 0. The molecule has 2 aromatic rings. The van der Waals surface area contributed by atoms with Gasteiger partial charge >= 0.3 is 0 Å². The lowest BCUT2D eigenvalue weighted by Gasteiger charge is -2.18. The number of rotatable bonds is 5. The number of aromatic nitrogens is 1. The van der Waals surface area contributed by atoms with Gasteiger partial charge in [-0.05, 0) is 35.3 Å². The van der Waals surface area contributed by atoms with E-state index in [4.69, 9.17) is 0 Å². The summed E-state index contributed by atoms with van der Waals surface area (Å²) >= 11 is 0. The minimum absolute atomic E-state index is 0. The highest BCUT2D eigenvalue weighted by Gasteiger charge is 2.14. The van der Waals surface area contributed by atoms with Crippen molar-refractivity contribution < 1.29 is 17.0 Å². The minimum atomic E-state index is 0. The molecule has 0 amide bonds. The third-order valence-corrected chi connectivity index (χ3v) is 4.56. The molecule has 0 bridgehead atoms. The van der Waals surface area contributed by atoms with Crippen LogP contribution < -0.4 is 17.0 Å². The molecule has 2 rings (SSSR count). The molecule has 0 saturated carbocycles. The molecular weight excluding hydrogens is 302 g/mol. The molecule has 1 heterocycles. The Morgan fingerprint density at radius 3 is 1.83 bits per heavy atom. The summed E-state index contributed by atoms with van der Waals surface area (Å²) in [4.78, 5) is 0. The third-order valence-electron chi connectivity index (χ3n) is 4.56. The van der Waals surface area contributed by atoms with Gasteiger partial charge in [-0.2, -0.15) is 0 Å². The molecule has 0 fully saturated rings. The molecule has 1 aromatic carbocycles. The van der Waals surface area contributed by atoms with E-state index in [1.54, 1.807) is 0 Å². The second kappa shape index (κ2) is 8.49. The van der Waals surface area contributed by atoms with Crippen LogP contribution in [0.1, 0.15) is 70.1 Å². The van der Waals surface area contributed by atoms with Crippen molar-refractivity contribution in [3.63, 3.8) is 0 Å². The normalized spacial score (nSPS) is 11.4. The maximum absolute atomic E-state index is 2.28. The fraction of sp³-hybridized carbons (Fsp3) is 0.476. The Hall–Kier alpha value is -1.34. The highest BCUT2D eigenvalue weighted by Crippen LogP contribution is 2.23. The van der Waals surface area contributed by atoms with Gasteiger partial charge in [0.15, 0.2) is 18.9 Å². The maximum Gasteiger partial charge on any atom is 0.173 e. The van der Waals surface area contributed by atoms with E-state index in [9.17, 15) is 0 Å². The van der Waals surface area contributed by atoms with Crippen molar-refractivity contribution in [2.24, 2.45) is 0 Å². The predicted octanol–water partition coefficient (Wildman–Crippen LogP) is 2.23. The van der Waals surface area contributed by atoms with Crippen molar-refractivity contribution in [1.82, 2.24) is 0 Å². The molecule has 0 unspecified atom stereocenters. The lowest BCUT2D eigenvalue weighted by molar-refractivity contribution is -0.688. The van der Waals surface area contributed by atoms with Crippen molar-refractivity contribution in [1.29, 1.82) is 0 Å². The molecule has 0 N–H and O–H groups in total. The molecule has 0 aliphatic rings. The number of nitrogens with zero attached hydrogens (tertiary/aromatic N) is 1. The van der Waals surface area contributed by atoms with Crippen LogP contribution in [0, 0.1) is 0 Å². The Balaban J connectivity index is 0.00000264. The molecule has 126 valence electrons. The SMILES string of the molecule is CCC(CC)c1cc[n+](Cc2ccc(C(C)(C)C)cc2)cc1.[Cl-]. The zero-order chi connectivity index (χ0) is 16.2. The van der Waals surface area contributed by atoms with E-state index in [1.807, 2.05) is 0 Å². The second-order valence-corrected chi connectivity index (χ2v) is 7.26. The lowest BCUT2D eigenvalue weighted by Crippen LogP contribution is -3.00. The van der Waals surface area contributed by atoms with E-state index in [0.717, 1.165) is 6.54 Å². The van der Waals surface area contributed by atoms with Gasteiger partial charge in [-0.25, -0.2) is 4.57 Å². The molecule has 0 atom stereocenters. The van der Waals surface area contributed by atoms with Crippen molar-refractivity contribution >= 4 is 0 Å². The zero-order valence-electron chi connectivity index (χ0n) is 15.1. The standard InChI is InChI=1S/C21H30N.ClH/c1-6-18(7-2)19-12-14-22(15-13-19)16-17-8-10-20(11-9-17)21(3,4)5;/h8-15,18H,6-7,16H2,1-5H3;1H/q+1;/p-1. The number of hydrogen-bond donors (Lipinski definition) is 0. The van der Waals surface area contributed by atoms with E-state index in [0.29, 0.717) is 5.92 Å². The largest absolute Gasteiger partial charge is 1.00 e. The van der Waals surface area contributed by atoms with E-state index >= 15 is 0 Å². The zero-order valence-corrected chi connectivity index (χ0v) is 15.9. The van der Waals surface area contributed by atoms with Gasteiger partial charge in [0, 0.05) is 17.7 Å². The first-order valence-corrected chi connectivity index (χ1v) is 8.52. The molecule has 2 heteroatoms. The number of pyridine rings is 1. The van der Waals surface area contributed by atoms with E-state index in [2.05, 4.69) is 88.0 Å². The Kier molecular flexibility index (Phi) is 7.28. The van der Waals surface area contributed by atoms with Gasteiger partial charge in [0.1, 0.15) is 0 Å². The van der Waals surface area contributed by atoms with Crippen LogP contribution in [0.25, 0.3) is 0 Å². The van der Waals surface area contributed by atoms with Gasteiger partial charge in [-0.1, -0.05) is 58.9 Å². The minimum Gasteiger partial charge on any atom is -1.00 e. The smallest absolute Gasteiger partial charge is 0.173 e. The average molecular weight is 332 g/mol. The van der Waals surface area contributed by atoms with Crippen LogP contribution in [0.3, 0.4) is 0 Å². The van der Waals surface area contributed by atoms with Crippen LogP contribution >= 0.6 is 0 Å². The molecule has 0 saturated heterocycles. The summed E-state index contributed by atoms with van der Waals surface area (Å²) in [5.41, 5.74) is 4.44. The van der Waals surface area contributed by atoms with E-state index < -0.39 is 0 Å². The lowest BCUT2D eigenvalue weighted by atomic mass is 9.87. The molecule has 0 aliphatic carbocycles. The highest BCUT2D eigenvalue weighted by molar-refractivity contribution is 5.27. The maximum atomic E-state index is 2.28. The van der Waals surface area contributed by atoms with Crippen LogP contribution in [0.15, 0.2) is 48.8 Å². The fourth-order valence-corrected chi connectivity index (χ4v) is 2.93. The van der Waals surface area contributed by atoms with Crippen LogP contribution in [0.2, 0.25) is 0 Å². The van der Waals surface area contributed by atoms with Crippen molar-refractivity contribution in [2.75, 3.05) is 0 Å². The molecular formula is C21H30ClN. The quantitative estimate of drug-likeness (QED) is 0.740. The van der Waals surface area contributed by atoms with Gasteiger partial charge in [-0.3, -0.25) is 0 Å². The van der Waals surface area contributed by atoms with Crippen LogP contribution in [0.5, 0.6) is 0 Å². The van der Waals surface area contributed by atoms with Crippen molar-refractivity contribution in [3.8, 4) is 0 Å². The monoisotopic (exact) mass is 331 g/mol. The fourth-order valence-electron chi connectivity index (χ4n) is 2.93. The molecule has 1 nitrogen and oxygen atoms in total. The van der Waals surface area contributed by atoms with E-state index in [1.165, 1.54) is 29.5 Å². The Bertz CT molecular complexity index is 575. The van der Waals surface area contributed by atoms with Gasteiger partial charge in [-0.15, -0.1) is 0 Å². The Morgan fingerprint density at radius 2 is 1.39 bits per heavy atom.